The Bertz CT molecular complexity index is 262. The molecule has 0 saturated carbocycles. The van der Waals surface area contributed by atoms with E-state index < -0.39 is 11.6 Å². The van der Waals surface area contributed by atoms with Gasteiger partial charge in [-0.05, 0) is 12.8 Å². The monoisotopic (exact) mass is 274 g/mol. The molecule has 0 amide bonds. The van der Waals surface area contributed by atoms with Crippen LogP contribution in [0.5, 0.6) is 0 Å². The summed E-state index contributed by atoms with van der Waals surface area (Å²) in [7, 11) is 0. The van der Waals surface area contributed by atoms with E-state index in [-0.39, 0.29) is 12.2 Å². The third kappa shape index (κ3) is 3.89. The minimum absolute atomic E-state index is 0.314. The van der Waals surface area contributed by atoms with E-state index in [1.807, 2.05) is 0 Å². The van der Waals surface area contributed by atoms with Crippen LogP contribution >= 0.6 is 0 Å². The molecule has 0 aromatic carbocycles. The van der Waals surface area contributed by atoms with Gasteiger partial charge in [0, 0.05) is 12.8 Å². The third-order valence-electron chi connectivity index (χ3n) is 3.80. The molecule has 0 spiro atoms. The van der Waals surface area contributed by atoms with Crippen molar-refractivity contribution in [3.05, 3.63) is 0 Å². The summed E-state index contributed by atoms with van der Waals surface area (Å²) in [4.78, 5) is 0. The molecule has 0 aromatic rings. The van der Waals surface area contributed by atoms with Crippen LogP contribution in [0.2, 0.25) is 0 Å². The molecule has 0 bridgehead atoms. The van der Waals surface area contributed by atoms with Gasteiger partial charge in [-0.25, -0.2) is 0 Å². The number of ether oxygens (including phenoxy) is 3. The molecule has 2 aliphatic rings. The summed E-state index contributed by atoms with van der Waals surface area (Å²) in [6.45, 7) is 5.11. The summed E-state index contributed by atoms with van der Waals surface area (Å²) >= 11 is 0. The Labute approximate surface area is 114 Å². The van der Waals surface area contributed by atoms with Gasteiger partial charge in [0.2, 0.25) is 0 Å². The van der Waals surface area contributed by atoms with E-state index in [0.717, 1.165) is 25.7 Å². The minimum Gasteiger partial charge on any atom is -0.367 e. The van der Waals surface area contributed by atoms with Crippen molar-refractivity contribution in [2.24, 2.45) is 0 Å². The first-order valence-electron chi connectivity index (χ1n) is 7.42. The fourth-order valence-electron chi connectivity index (χ4n) is 2.34. The lowest BCUT2D eigenvalue weighted by Crippen LogP contribution is -2.51. The standard InChI is InChI=1S/C14H26O5/c1-3-5-7-13(15,11-9-17-11)19-14(16,8-6-4-2)12-10-18-12/h11-12,15-16H,3-10H2,1-2H3. The predicted octanol–water partition coefficient (Wildman–Crippen LogP) is 1.56. The Hall–Kier alpha value is -0.200. The summed E-state index contributed by atoms with van der Waals surface area (Å²) in [5, 5.41) is 21.3. The highest BCUT2D eigenvalue weighted by Gasteiger charge is 2.55. The van der Waals surface area contributed by atoms with Gasteiger partial charge in [0.25, 0.3) is 0 Å². The molecular weight excluding hydrogens is 248 g/mol. The van der Waals surface area contributed by atoms with Crippen LogP contribution in [-0.4, -0.2) is 47.2 Å². The minimum atomic E-state index is -1.38. The second-order valence-corrected chi connectivity index (χ2v) is 5.64. The fourth-order valence-corrected chi connectivity index (χ4v) is 2.34. The van der Waals surface area contributed by atoms with E-state index in [0.29, 0.717) is 26.1 Å². The first-order valence-corrected chi connectivity index (χ1v) is 7.42. The second kappa shape index (κ2) is 6.06. The van der Waals surface area contributed by atoms with Crippen LogP contribution in [0.4, 0.5) is 0 Å². The van der Waals surface area contributed by atoms with E-state index in [1.54, 1.807) is 0 Å². The number of rotatable bonds is 10. The predicted molar refractivity (Wildman–Crippen MR) is 69.5 cm³/mol. The van der Waals surface area contributed by atoms with E-state index >= 15 is 0 Å². The SMILES string of the molecule is CCCCC(O)(OC(O)(CCCC)C1CO1)C1CO1. The van der Waals surface area contributed by atoms with Crippen LogP contribution in [0, 0.1) is 0 Å². The average molecular weight is 274 g/mol. The highest BCUT2D eigenvalue weighted by Crippen LogP contribution is 2.39. The van der Waals surface area contributed by atoms with Crippen LogP contribution in [0.15, 0.2) is 0 Å². The molecule has 4 unspecified atom stereocenters. The molecule has 0 aliphatic carbocycles. The smallest absolute Gasteiger partial charge is 0.197 e. The van der Waals surface area contributed by atoms with Crippen LogP contribution in [0.3, 0.4) is 0 Å². The Kier molecular flexibility index (Phi) is 4.84. The molecule has 2 aliphatic heterocycles. The van der Waals surface area contributed by atoms with Gasteiger partial charge in [-0.3, -0.25) is 0 Å². The third-order valence-corrected chi connectivity index (χ3v) is 3.80. The molecule has 112 valence electrons. The van der Waals surface area contributed by atoms with E-state index in [1.165, 1.54) is 0 Å². The summed E-state index contributed by atoms with van der Waals surface area (Å²) < 4.78 is 16.1. The zero-order valence-corrected chi connectivity index (χ0v) is 11.9. The van der Waals surface area contributed by atoms with Gasteiger partial charge >= 0.3 is 0 Å². The molecule has 0 radical (unpaired) electrons. The first-order chi connectivity index (χ1) is 9.04. The number of aliphatic hydroxyl groups is 2. The molecule has 5 heteroatoms. The van der Waals surface area contributed by atoms with Crippen molar-refractivity contribution in [2.75, 3.05) is 13.2 Å². The molecule has 2 rings (SSSR count). The first kappa shape index (κ1) is 15.2. The Morgan fingerprint density at radius 1 is 0.947 bits per heavy atom. The number of epoxide rings is 2. The molecular formula is C14H26O5. The normalized spacial score (nSPS) is 31.6. The second-order valence-electron chi connectivity index (χ2n) is 5.64. The van der Waals surface area contributed by atoms with Crippen LogP contribution in [-0.2, 0) is 14.2 Å². The molecule has 0 aromatic heterocycles. The lowest BCUT2D eigenvalue weighted by atomic mass is 10.0. The van der Waals surface area contributed by atoms with Crippen molar-refractivity contribution in [3.8, 4) is 0 Å². The zero-order chi connectivity index (χ0) is 13.9. The lowest BCUT2D eigenvalue weighted by Gasteiger charge is -2.36. The van der Waals surface area contributed by atoms with Crippen molar-refractivity contribution in [3.63, 3.8) is 0 Å². The maximum Gasteiger partial charge on any atom is 0.197 e. The topological polar surface area (TPSA) is 74.8 Å². The van der Waals surface area contributed by atoms with Crippen LogP contribution in [0.1, 0.15) is 52.4 Å². The summed E-state index contributed by atoms with van der Waals surface area (Å²) in [6, 6.07) is 0. The van der Waals surface area contributed by atoms with Crippen LogP contribution in [0.25, 0.3) is 0 Å². The fraction of sp³-hybridized carbons (Fsp3) is 1.00. The molecule has 4 atom stereocenters. The van der Waals surface area contributed by atoms with Crippen molar-refractivity contribution in [2.45, 2.75) is 76.2 Å². The Morgan fingerprint density at radius 3 is 1.58 bits per heavy atom. The van der Waals surface area contributed by atoms with E-state index in [9.17, 15) is 10.2 Å². The van der Waals surface area contributed by atoms with Gasteiger partial charge in [-0.1, -0.05) is 26.7 Å². The zero-order valence-electron chi connectivity index (χ0n) is 11.9. The highest BCUT2D eigenvalue weighted by atomic mass is 16.8. The van der Waals surface area contributed by atoms with Crippen molar-refractivity contribution >= 4 is 0 Å². The van der Waals surface area contributed by atoms with Gasteiger partial charge < -0.3 is 24.4 Å². The lowest BCUT2D eigenvalue weighted by molar-refractivity contribution is -0.348. The summed E-state index contributed by atoms with van der Waals surface area (Å²) in [5.41, 5.74) is 0. The highest BCUT2D eigenvalue weighted by molar-refractivity contribution is 4.94. The number of hydrogen-bond acceptors (Lipinski definition) is 5. The van der Waals surface area contributed by atoms with E-state index in [2.05, 4.69) is 13.8 Å². The maximum absolute atomic E-state index is 10.6. The molecule has 2 heterocycles. The van der Waals surface area contributed by atoms with Gasteiger partial charge in [0.15, 0.2) is 11.6 Å². The van der Waals surface area contributed by atoms with Crippen molar-refractivity contribution in [1.82, 2.24) is 0 Å². The van der Waals surface area contributed by atoms with Gasteiger partial charge in [-0.2, -0.15) is 0 Å². The maximum atomic E-state index is 10.6. The van der Waals surface area contributed by atoms with Crippen LogP contribution < -0.4 is 0 Å². The van der Waals surface area contributed by atoms with Gasteiger partial charge in [-0.15, -0.1) is 0 Å². The number of hydrogen-bond donors (Lipinski definition) is 2. The quantitative estimate of drug-likeness (QED) is 0.467. The molecule has 2 fully saturated rings. The molecule has 2 saturated heterocycles. The molecule has 5 nitrogen and oxygen atoms in total. The summed E-state index contributed by atoms with van der Waals surface area (Å²) in [5.74, 6) is -2.77. The van der Waals surface area contributed by atoms with Crippen molar-refractivity contribution in [1.29, 1.82) is 0 Å². The molecule has 2 N–H and O–H groups in total. The number of unbranched alkanes of at least 4 members (excludes halogenated alkanes) is 2. The van der Waals surface area contributed by atoms with Gasteiger partial charge in [0.1, 0.15) is 12.2 Å². The Morgan fingerprint density at radius 2 is 1.32 bits per heavy atom. The summed E-state index contributed by atoms with van der Waals surface area (Å²) in [6.07, 6.45) is 3.94. The van der Waals surface area contributed by atoms with Crippen molar-refractivity contribution < 1.29 is 24.4 Å². The van der Waals surface area contributed by atoms with E-state index in [4.69, 9.17) is 14.2 Å². The average Bonchev–Trinajstić information content (AvgIpc) is 3.21. The molecule has 19 heavy (non-hydrogen) atoms. The largest absolute Gasteiger partial charge is 0.367 e. The Balaban J connectivity index is 1.99. The van der Waals surface area contributed by atoms with Gasteiger partial charge in [0.05, 0.1) is 13.2 Å².